The van der Waals surface area contributed by atoms with Gasteiger partial charge in [0.1, 0.15) is 0 Å². The molecule has 0 unspecified atom stereocenters. The maximum absolute atomic E-state index is 5.49. The Morgan fingerprint density at radius 2 is 1.36 bits per heavy atom. The fraction of sp³-hybridized carbons (Fsp3) is 1.00. The van der Waals surface area contributed by atoms with Crippen LogP contribution in [0.15, 0.2) is 0 Å². The van der Waals surface area contributed by atoms with Crippen LogP contribution < -0.4 is 16.4 Å². The van der Waals surface area contributed by atoms with E-state index in [1.807, 2.05) is 27.9 Å². The first-order chi connectivity index (χ1) is 6.85. The highest BCUT2D eigenvalue weighted by molar-refractivity contribution is 4.60. The summed E-state index contributed by atoms with van der Waals surface area (Å²) in [6, 6.07) is 0. The van der Waals surface area contributed by atoms with Crippen molar-refractivity contribution >= 4 is 0 Å². The predicted octanol–water partition coefficient (Wildman–Crippen LogP) is -0.288. The molecule has 4 heteroatoms. The van der Waals surface area contributed by atoms with Crippen molar-refractivity contribution in [2.24, 2.45) is 5.73 Å². The van der Waals surface area contributed by atoms with Gasteiger partial charge in [0.15, 0.2) is 0 Å². The monoisotopic (exact) mass is 204 g/mol. The Balaban J connectivity index is 0. The van der Waals surface area contributed by atoms with Crippen molar-refractivity contribution in [2.75, 3.05) is 53.4 Å². The molecule has 0 saturated heterocycles. The van der Waals surface area contributed by atoms with E-state index in [1.165, 1.54) is 0 Å². The fourth-order valence-corrected chi connectivity index (χ4v) is 1.06. The molecular weight excluding hydrogens is 176 g/mol. The Bertz CT molecular complexity index is 80.2. The van der Waals surface area contributed by atoms with Crippen LogP contribution in [0.1, 0.15) is 13.8 Å². The minimum absolute atomic E-state index is 0.743. The molecule has 0 radical (unpaired) electrons. The average Bonchev–Trinajstić information content (AvgIpc) is 2.25. The summed E-state index contributed by atoms with van der Waals surface area (Å²) in [5, 5.41) is 6.26. The number of nitrogens with two attached hydrogens (primary N) is 1. The minimum Gasteiger partial charge on any atom is -0.329 e. The lowest BCUT2D eigenvalue weighted by Gasteiger charge is -2.20. The normalized spacial score (nSPS) is 9.86. The third kappa shape index (κ3) is 11.8. The van der Waals surface area contributed by atoms with Gasteiger partial charge in [-0.1, -0.05) is 13.8 Å². The van der Waals surface area contributed by atoms with Crippen molar-refractivity contribution in [2.45, 2.75) is 13.8 Å². The van der Waals surface area contributed by atoms with Gasteiger partial charge in [-0.2, -0.15) is 0 Å². The Morgan fingerprint density at radius 3 is 1.64 bits per heavy atom. The van der Waals surface area contributed by atoms with Gasteiger partial charge in [-0.25, -0.2) is 0 Å². The van der Waals surface area contributed by atoms with Crippen LogP contribution >= 0.6 is 0 Å². The van der Waals surface area contributed by atoms with Crippen molar-refractivity contribution in [3.05, 3.63) is 0 Å². The van der Waals surface area contributed by atoms with Gasteiger partial charge in [-0.05, 0) is 14.1 Å². The second-order valence-electron chi connectivity index (χ2n) is 2.84. The molecule has 0 fully saturated rings. The molecule has 0 aliphatic rings. The number of hydrogen-bond acceptors (Lipinski definition) is 4. The third-order valence-corrected chi connectivity index (χ3v) is 1.80. The molecule has 14 heavy (non-hydrogen) atoms. The molecular formula is C10H28N4. The van der Waals surface area contributed by atoms with Crippen LogP contribution in [0.5, 0.6) is 0 Å². The second kappa shape index (κ2) is 15.3. The summed E-state index contributed by atoms with van der Waals surface area (Å²) in [4.78, 5) is 2.35. The molecule has 88 valence electrons. The first kappa shape index (κ1) is 16.3. The van der Waals surface area contributed by atoms with Gasteiger partial charge in [-0.3, -0.25) is 4.90 Å². The van der Waals surface area contributed by atoms with E-state index in [1.54, 1.807) is 0 Å². The maximum atomic E-state index is 5.49. The summed E-state index contributed by atoms with van der Waals surface area (Å²) in [6.07, 6.45) is 0. The van der Waals surface area contributed by atoms with Gasteiger partial charge in [-0.15, -0.1) is 0 Å². The fourth-order valence-electron chi connectivity index (χ4n) is 1.06. The lowest BCUT2D eigenvalue weighted by Crippen LogP contribution is -2.38. The summed E-state index contributed by atoms with van der Waals surface area (Å²) in [5.41, 5.74) is 5.49. The van der Waals surface area contributed by atoms with Crippen LogP contribution in [0, 0.1) is 0 Å². The highest BCUT2D eigenvalue weighted by Crippen LogP contribution is 1.83. The first-order valence-corrected chi connectivity index (χ1v) is 5.56. The molecule has 0 bridgehead atoms. The number of rotatable bonds is 8. The summed E-state index contributed by atoms with van der Waals surface area (Å²) < 4.78 is 0. The first-order valence-electron chi connectivity index (χ1n) is 5.56. The number of likely N-dealkylation sites (N-methyl/N-ethyl adjacent to an activating group) is 2. The maximum Gasteiger partial charge on any atom is 0.0108 e. The molecule has 0 aromatic rings. The molecule has 0 aliphatic carbocycles. The van der Waals surface area contributed by atoms with Gasteiger partial charge >= 0.3 is 0 Å². The lowest BCUT2D eigenvalue weighted by molar-refractivity contribution is 0.284. The van der Waals surface area contributed by atoms with Crippen molar-refractivity contribution in [1.82, 2.24) is 15.5 Å². The highest BCUT2D eigenvalue weighted by atomic mass is 15.1. The molecule has 0 spiro atoms. The Hall–Kier alpha value is -0.160. The van der Waals surface area contributed by atoms with Gasteiger partial charge < -0.3 is 16.4 Å². The van der Waals surface area contributed by atoms with Crippen molar-refractivity contribution < 1.29 is 0 Å². The molecule has 0 atom stereocenters. The number of hydrogen-bond donors (Lipinski definition) is 3. The quantitative estimate of drug-likeness (QED) is 0.509. The van der Waals surface area contributed by atoms with E-state index in [2.05, 4.69) is 15.5 Å². The number of nitrogens with one attached hydrogen (secondary N) is 2. The van der Waals surface area contributed by atoms with Crippen LogP contribution in [-0.2, 0) is 0 Å². The van der Waals surface area contributed by atoms with E-state index in [0.29, 0.717) is 0 Å². The molecule has 0 aliphatic heterocycles. The van der Waals surface area contributed by atoms with Crippen molar-refractivity contribution in [3.8, 4) is 0 Å². The summed E-state index contributed by atoms with van der Waals surface area (Å²) in [5.74, 6) is 0. The second-order valence-corrected chi connectivity index (χ2v) is 2.84. The number of nitrogens with zero attached hydrogens (tertiary/aromatic N) is 1. The lowest BCUT2D eigenvalue weighted by atomic mass is 10.4. The molecule has 0 aromatic heterocycles. The van der Waals surface area contributed by atoms with E-state index in [9.17, 15) is 0 Å². The highest BCUT2D eigenvalue weighted by Gasteiger charge is 2.00. The van der Waals surface area contributed by atoms with E-state index >= 15 is 0 Å². The molecule has 0 amide bonds. The summed E-state index contributed by atoms with van der Waals surface area (Å²) in [6.45, 7) is 9.95. The van der Waals surface area contributed by atoms with E-state index < -0.39 is 0 Å². The zero-order valence-electron chi connectivity index (χ0n) is 10.3. The summed E-state index contributed by atoms with van der Waals surface area (Å²) in [7, 11) is 3.94. The van der Waals surface area contributed by atoms with Crippen molar-refractivity contribution in [1.29, 1.82) is 0 Å². The molecule has 0 saturated carbocycles. The predicted molar refractivity (Wildman–Crippen MR) is 64.7 cm³/mol. The van der Waals surface area contributed by atoms with Gasteiger partial charge in [0.2, 0.25) is 0 Å². The third-order valence-electron chi connectivity index (χ3n) is 1.80. The molecule has 0 rings (SSSR count). The van der Waals surface area contributed by atoms with Crippen LogP contribution in [0.4, 0.5) is 0 Å². The van der Waals surface area contributed by atoms with Crippen LogP contribution in [0.3, 0.4) is 0 Å². The van der Waals surface area contributed by atoms with E-state index in [0.717, 1.165) is 39.3 Å². The zero-order valence-corrected chi connectivity index (χ0v) is 10.3. The van der Waals surface area contributed by atoms with E-state index in [4.69, 9.17) is 5.73 Å². The van der Waals surface area contributed by atoms with Gasteiger partial charge in [0.05, 0.1) is 0 Å². The average molecular weight is 204 g/mol. The van der Waals surface area contributed by atoms with E-state index in [-0.39, 0.29) is 0 Å². The molecule has 4 N–H and O–H groups in total. The molecule has 4 nitrogen and oxygen atoms in total. The topological polar surface area (TPSA) is 53.3 Å². The van der Waals surface area contributed by atoms with Crippen molar-refractivity contribution in [3.63, 3.8) is 0 Å². The Morgan fingerprint density at radius 1 is 0.929 bits per heavy atom. The largest absolute Gasteiger partial charge is 0.329 e. The molecule has 0 heterocycles. The summed E-state index contributed by atoms with van der Waals surface area (Å²) >= 11 is 0. The SMILES string of the molecule is CC.CNCCN(CCN)CCNC. The Kier molecular flexibility index (Phi) is 17.8. The van der Waals surface area contributed by atoms with Gasteiger partial charge in [0.25, 0.3) is 0 Å². The van der Waals surface area contributed by atoms with Crippen LogP contribution in [0.2, 0.25) is 0 Å². The molecule has 0 aromatic carbocycles. The Labute approximate surface area is 89.2 Å². The standard InChI is InChI=1S/C8H22N4.C2H6/c1-10-4-7-12(6-3-9)8-5-11-2;1-2/h10-11H,3-9H2,1-2H3;1-2H3. The van der Waals surface area contributed by atoms with Crippen LogP contribution in [-0.4, -0.2) is 58.3 Å². The van der Waals surface area contributed by atoms with Gasteiger partial charge in [0, 0.05) is 39.3 Å². The zero-order chi connectivity index (χ0) is 11.2. The van der Waals surface area contributed by atoms with Crippen LogP contribution in [0.25, 0.3) is 0 Å². The minimum atomic E-state index is 0.743. The smallest absolute Gasteiger partial charge is 0.0108 e.